The summed E-state index contributed by atoms with van der Waals surface area (Å²) in [5.74, 6) is 0. The smallest absolute Gasteiger partial charge is 0.0555 e. The second kappa shape index (κ2) is 4.41. The van der Waals surface area contributed by atoms with Gasteiger partial charge in [0.1, 0.15) is 0 Å². The van der Waals surface area contributed by atoms with Crippen LogP contribution in [-0.2, 0) is 19.3 Å². The molecule has 1 N–H and O–H groups in total. The first-order valence-electron chi connectivity index (χ1n) is 7.36. The van der Waals surface area contributed by atoms with Gasteiger partial charge < -0.3 is 5.32 Å². The summed E-state index contributed by atoms with van der Waals surface area (Å²) in [6.45, 7) is 0. The van der Waals surface area contributed by atoms with Gasteiger partial charge in [-0.05, 0) is 60.4 Å². The van der Waals surface area contributed by atoms with Gasteiger partial charge in [0.05, 0.1) is 6.04 Å². The molecule has 1 heteroatoms. The minimum Gasteiger partial charge on any atom is -0.378 e. The number of rotatable bonds is 1. The third kappa shape index (κ3) is 1.94. The number of aryl methyl sites for hydroxylation is 2. The maximum absolute atomic E-state index is 3.66. The highest BCUT2D eigenvalue weighted by Crippen LogP contribution is 2.35. The first-order valence-corrected chi connectivity index (χ1v) is 7.36. The third-order valence-electron chi connectivity index (χ3n) is 4.55. The van der Waals surface area contributed by atoms with E-state index in [1.807, 2.05) is 0 Å². The first-order chi connectivity index (χ1) is 9.40. The number of anilines is 1. The van der Waals surface area contributed by atoms with Crippen molar-refractivity contribution in [2.75, 3.05) is 5.32 Å². The van der Waals surface area contributed by atoms with Crippen LogP contribution in [0.5, 0.6) is 0 Å². The summed E-state index contributed by atoms with van der Waals surface area (Å²) < 4.78 is 0. The zero-order valence-corrected chi connectivity index (χ0v) is 11.2. The van der Waals surface area contributed by atoms with Crippen molar-refractivity contribution in [1.82, 2.24) is 0 Å². The summed E-state index contributed by atoms with van der Waals surface area (Å²) in [5.41, 5.74) is 7.37. The van der Waals surface area contributed by atoms with E-state index in [9.17, 15) is 0 Å². The Balaban J connectivity index is 1.64. The lowest BCUT2D eigenvalue weighted by Crippen LogP contribution is -2.09. The average molecular weight is 249 g/mol. The Hall–Kier alpha value is -1.76. The quantitative estimate of drug-likeness (QED) is 0.795. The van der Waals surface area contributed by atoms with Gasteiger partial charge in [-0.25, -0.2) is 0 Å². The van der Waals surface area contributed by atoms with Gasteiger partial charge in [0.25, 0.3) is 0 Å². The van der Waals surface area contributed by atoms with Gasteiger partial charge in [-0.1, -0.05) is 36.4 Å². The number of nitrogens with one attached hydrogen (secondary N) is 1. The molecule has 0 amide bonds. The number of para-hydroxylation sites is 1. The minimum atomic E-state index is 0.463. The molecule has 2 aromatic rings. The molecule has 4 rings (SSSR count). The molecule has 0 fully saturated rings. The van der Waals surface area contributed by atoms with Gasteiger partial charge in [0, 0.05) is 5.69 Å². The molecule has 1 heterocycles. The van der Waals surface area contributed by atoms with Crippen LogP contribution in [0.2, 0.25) is 0 Å². The highest BCUT2D eigenvalue weighted by Gasteiger charge is 2.22. The maximum Gasteiger partial charge on any atom is 0.0555 e. The molecule has 0 saturated heterocycles. The summed E-state index contributed by atoms with van der Waals surface area (Å²) in [6.07, 6.45) is 6.37. The number of fused-ring (bicyclic) bond motifs is 2. The van der Waals surface area contributed by atoms with Crippen molar-refractivity contribution >= 4 is 5.69 Å². The molecule has 0 radical (unpaired) electrons. The van der Waals surface area contributed by atoms with Crippen molar-refractivity contribution in [2.45, 2.75) is 38.1 Å². The van der Waals surface area contributed by atoms with E-state index in [2.05, 4.69) is 47.8 Å². The summed E-state index contributed by atoms with van der Waals surface area (Å²) in [4.78, 5) is 0. The van der Waals surface area contributed by atoms with E-state index >= 15 is 0 Å². The Morgan fingerprint density at radius 2 is 1.68 bits per heavy atom. The van der Waals surface area contributed by atoms with Crippen LogP contribution in [0.4, 0.5) is 5.69 Å². The zero-order valence-electron chi connectivity index (χ0n) is 11.2. The minimum absolute atomic E-state index is 0.463. The molecule has 1 aliphatic carbocycles. The summed E-state index contributed by atoms with van der Waals surface area (Å²) in [6, 6.07) is 16.3. The Morgan fingerprint density at radius 1 is 0.842 bits per heavy atom. The Bertz CT molecular complexity index is 590. The predicted molar refractivity (Wildman–Crippen MR) is 79.6 cm³/mol. The molecule has 1 nitrogen and oxygen atoms in total. The number of hydrogen-bond donors (Lipinski definition) is 1. The molecule has 1 atom stereocenters. The topological polar surface area (TPSA) is 12.0 Å². The zero-order chi connectivity index (χ0) is 12.7. The molecule has 1 unspecified atom stereocenters. The van der Waals surface area contributed by atoms with Crippen molar-refractivity contribution in [3.63, 3.8) is 0 Å². The van der Waals surface area contributed by atoms with Crippen LogP contribution in [-0.4, -0.2) is 0 Å². The summed E-state index contributed by atoms with van der Waals surface area (Å²) >= 11 is 0. The van der Waals surface area contributed by atoms with Crippen molar-refractivity contribution in [3.05, 3.63) is 64.7 Å². The molecule has 19 heavy (non-hydrogen) atoms. The SMILES string of the molecule is c1ccc2c(c1)CC(c1ccc3c(c1)CCCC3)N2. The standard InChI is InChI=1S/C18H19N/c1-2-6-14-11-16(10-9-13(14)5-1)18-12-15-7-3-4-8-17(15)19-18/h3-4,7-11,18-19H,1-2,5-6,12H2. The van der Waals surface area contributed by atoms with E-state index in [1.54, 1.807) is 11.1 Å². The maximum atomic E-state index is 3.66. The number of benzene rings is 2. The van der Waals surface area contributed by atoms with Crippen molar-refractivity contribution in [1.29, 1.82) is 0 Å². The third-order valence-corrected chi connectivity index (χ3v) is 4.55. The molecule has 0 aromatic heterocycles. The van der Waals surface area contributed by atoms with Crippen molar-refractivity contribution < 1.29 is 0 Å². The number of hydrogen-bond acceptors (Lipinski definition) is 1. The van der Waals surface area contributed by atoms with E-state index in [0.29, 0.717) is 6.04 Å². The van der Waals surface area contributed by atoms with E-state index in [-0.39, 0.29) is 0 Å². The van der Waals surface area contributed by atoms with Gasteiger partial charge in [-0.15, -0.1) is 0 Å². The molecule has 0 saturated carbocycles. The fraction of sp³-hybridized carbons (Fsp3) is 0.333. The predicted octanol–water partition coefficient (Wildman–Crippen LogP) is 4.27. The van der Waals surface area contributed by atoms with Crippen molar-refractivity contribution in [2.24, 2.45) is 0 Å². The fourth-order valence-corrected chi connectivity index (χ4v) is 3.47. The molecule has 2 aromatic carbocycles. The van der Waals surface area contributed by atoms with Crippen LogP contribution in [0.3, 0.4) is 0 Å². The van der Waals surface area contributed by atoms with Crippen molar-refractivity contribution in [3.8, 4) is 0 Å². The van der Waals surface area contributed by atoms with Crippen LogP contribution in [0.25, 0.3) is 0 Å². The molecular weight excluding hydrogens is 230 g/mol. The Labute approximate surface area is 114 Å². The lowest BCUT2D eigenvalue weighted by atomic mass is 9.89. The second-order valence-corrected chi connectivity index (χ2v) is 5.79. The summed E-state index contributed by atoms with van der Waals surface area (Å²) in [5, 5.41) is 3.66. The molecule has 0 spiro atoms. The molecule has 96 valence electrons. The van der Waals surface area contributed by atoms with Crippen LogP contribution >= 0.6 is 0 Å². The van der Waals surface area contributed by atoms with Gasteiger partial charge in [0.15, 0.2) is 0 Å². The monoisotopic (exact) mass is 249 g/mol. The Morgan fingerprint density at radius 3 is 2.58 bits per heavy atom. The molecule has 0 bridgehead atoms. The summed E-state index contributed by atoms with van der Waals surface area (Å²) in [7, 11) is 0. The molecular formula is C18H19N. The van der Waals surface area contributed by atoms with Gasteiger partial charge in [-0.3, -0.25) is 0 Å². The largest absolute Gasteiger partial charge is 0.378 e. The lowest BCUT2D eigenvalue weighted by molar-refractivity contribution is 0.682. The van der Waals surface area contributed by atoms with E-state index in [1.165, 1.54) is 42.5 Å². The molecule has 1 aliphatic heterocycles. The van der Waals surface area contributed by atoms with Crippen LogP contribution in [0.1, 0.15) is 41.1 Å². The van der Waals surface area contributed by atoms with E-state index in [0.717, 1.165) is 6.42 Å². The van der Waals surface area contributed by atoms with E-state index < -0.39 is 0 Å². The van der Waals surface area contributed by atoms with Gasteiger partial charge in [0.2, 0.25) is 0 Å². The van der Waals surface area contributed by atoms with E-state index in [4.69, 9.17) is 0 Å². The van der Waals surface area contributed by atoms with Crippen LogP contribution in [0.15, 0.2) is 42.5 Å². The fourth-order valence-electron chi connectivity index (χ4n) is 3.47. The first kappa shape index (κ1) is 11.1. The Kier molecular flexibility index (Phi) is 2.58. The molecule has 2 aliphatic rings. The van der Waals surface area contributed by atoms with Crippen LogP contribution in [0, 0.1) is 0 Å². The average Bonchev–Trinajstić information content (AvgIpc) is 2.90. The highest BCUT2D eigenvalue weighted by molar-refractivity contribution is 5.58. The highest BCUT2D eigenvalue weighted by atomic mass is 14.9. The normalized spacial score (nSPS) is 20.5. The second-order valence-electron chi connectivity index (χ2n) is 5.79. The van der Waals surface area contributed by atoms with Crippen LogP contribution < -0.4 is 5.32 Å². The lowest BCUT2D eigenvalue weighted by Gasteiger charge is -2.19. The van der Waals surface area contributed by atoms with Gasteiger partial charge in [-0.2, -0.15) is 0 Å². The van der Waals surface area contributed by atoms with Gasteiger partial charge >= 0.3 is 0 Å².